The van der Waals surface area contributed by atoms with Crippen LogP contribution < -0.4 is 0 Å². The van der Waals surface area contributed by atoms with Gasteiger partial charge in [-0.25, -0.2) is 0 Å². The minimum atomic E-state index is -0.410. The van der Waals surface area contributed by atoms with Gasteiger partial charge in [-0.2, -0.15) is 5.26 Å². The van der Waals surface area contributed by atoms with Crippen molar-refractivity contribution in [3.05, 3.63) is 0 Å². The molecule has 3 nitrogen and oxygen atoms in total. The molecule has 1 aliphatic heterocycles. The van der Waals surface area contributed by atoms with Crippen molar-refractivity contribution in [2.75, 3.05) is 13.2 Å². The van der Waals surface area contributed by atoms with Gasteiger partial charge in [0.2, 0.25) is 0 Å². The van der Waals surface area contributed by atoms with Crippen molar-refractivity contribution in [1.82, 2.24) is 0 Å². The van der Waals surface area contributed by atoms with Crippen LogP contribution in [-0.4, -0.2) is 19.0 Å². The molecule has 2 fully saturated rings. The minimum Gasteiger partial charge on any atom is -0.380 e. The van der Waals surface area contributed by atoms with Gasteiger partial charge in [-0.3, -0.25) is 4.79 Å². The van der Waals surface area contributed by atoms with Crippen molar-refractivity contribution in [2.24, 2.45) is 17.3 Å². The van der Waals surface area contributed by atoms with Crippen molar-refractivity contribution >= 4 is 5.78 Å². The van der Waals surface area contributed by atoms with Gasteiger partial charge >= 0.3 is 0 Å². The van der Waals surface area contributed by atoms with Gasteiger partial charge in [0.15, 0.2) is 5.78 Å². The highest BCUT2D eigenvalue weighted by Gasteiger charge is 2.64. The molecule has 2 rings (SSSR count). The quantitative estimate of drug-likeness (QED) is 0.652. The third kappa shape index (κ3) is 1.09. The highest BCUT2D eigenvalue weighted by Crippen LogP contribution is 2.58. The number of ether oxygens (including phenoxy) is 1. The molecule has 3 heteroatoms. The summed E-state index contributed by atoms with van der Waals surface area (Å²) in [4.78, 5) is 11.9. The molecule has 1 aliphatic carbocycles. The minimum absolute atomic E-state index is 0.125. The standard InChI is InChI=1S/C10H13NO2/c1-2-7(4-11)9(12)10-3-8(10)5-13-6-10/h7-8H,2-3,5-6H2,1H3. The van der Waals surface area contributed by atoms with Crippen LogP contribution in [0.15, 0.2) is 0 Å². The first-order chi connectivity index (χ1) is 6.24. The summed E-state index contributed by atoms with van der Waals surface area (Å²) < 4.78 is 5.24. The third-order valence-corrected chi connectivity index (χ3v) is 3.28. The third-order valence-electron chi connectivity index (χ3n) is 3.28. The van der Waals surface area contributed by atoms with E-state index in [1.165, 1.54) is 0 Å². The molecule has 1 saturated heterocycles. The molecule has 3 atom stereocenters. The average molecular weight is 179 g/mol. The van der Waals surface area contributed by atoms with E-state index in [0.29, 0.717) is 25.6 Å². The molecule has 2 aliphatic rings. The van der Waals surface area contributed by atoms with Gasteiger partial charge in [0.1, 0.15) is 5.92 Å². The second kappa shape index (κ2) is 2.81. The van der Waals surface area contributed by atoms with E-state index in [-0.39, 0.29) is 11.2 Å². The van der Waals surface area contributed by atoms with E-state index in [0.717, 1.165) is 6.42 Å². The van der Waals surface area contributed by atoms with Crippen LogP contribution in [-0.2, 0) is 9.53 Å². The van der Waals surface area contributed by atoms with Crippen LogP contribution in [0, 0.1) is 28.6 Å². The molecule has 13 heavy (non-hydrogen) atoms. The van der Waals surface area contributed by atoms with Crippen molar-refractivity contribution in [3.63, 3.8) is 0 Å². The lowest BCUT2D eigenvalue weighted by atomic mass is 9.89. The monoisotopic (exact) mass is 179 g/mol. The number of Topliss-reactive ketones (excluding diaryl/α,β-unsaturated/α-hetero) is 1. The molecular formula is C10H13NO2. The van der Waals surface area contributed by atoms with Crippen LogP contribution in [0.3, 0.4) is 0 Å². The van der Waals surface area contributed by atoms with Crippen molar-refractivity contribution in [3.8, 4) is 6.07 Å². The van der Waals surface area contributed by atoms with Gasteiger partial charge in [0, 0.05) is 0 Å². The SMILES string of the molecule is CCC(C#N)C(=O)C12COCC1C2. The lowest BCUT2D eigenvalue weighted by Crippen LogP contribution is -2.26. The summed E-state index contributed by atoms with van der Waals surface area (Å²) in [6.07, 6.45) is 1.58. The van der Waals surface area contributed by atoms with E-state index in [1.807, 2.05) is 6.92 Å². The summed E-state index contributed by atoms with van der Waals surface area (Å²) in [6, 6.07) is 2.08. The number of nitriles is 1. The fourth-order valence-corrected chi connectivity index (χ4v) is 2.21. The number of carbonyl (C=O) groups is 1. The number of hydrogen-bond donors (Lipinski definition) is 0. The highest BCUT2D eigenvalue weighted by molar-refractivity contribution is 5.92. The topological polar surface area (TPSA) is 50.1 Å². The van der Waals surface area contributed by atoms with Gasteiger partial charge in [-0.15, -0.1) is 0 Å². The molecule has 0 N–H and O–H groups in total. The first-order valence-corrected chi connectivity index (χ1v) is 4.76. The van der Waals surface area contributed by atoms with Crippen LogP contribution in [0.25, 0.3) is 0 Å². The second-order valence-electron chi connectivity index (χ2n) is 4.03. The molecule has 0 aromatic carbocycles. The van der Waals surface area contributed by atoms with E-state index in [2.05, 4.69) is 6.07 Å². The van der Waals surface area contributed by atoms with E-state index in [9.17, 15) is 4.79 Å². The van der Waals surface area contributed by atoms with Gasteiger partial charge in [0.05, 0.1) is 24.7 Å². The molecule has 1 heterocycles. The molecule has 0 aromatic heterocycles. The van der Waals surface area contributed by atoms with Gasteiger partial charge in [0.25, 0.3) is 0 Å². The highest BCUT2D eigenvalue weighted by atomic mass is 16.5. The number of nitrogens with zero attached hydrogens (tertiary/aromatic N) is 1. The molecule has 0 bridgehead atoms. The second-order valence-corrected chi connectivity index (χ2v) is 4.03. The zero-order valence-electron chi connectivity index (χ0n) is 7.75. The van der Waals surface area contributed by atoms with Gasteiger partial charge in [-0.1, -0.05) is 6.92 Å². The van der Waals surface area contributed by atoms with Gasteiger partial charge < -0.3 is 4.74 Å². The average Bonchev–Trinajstić information content (AvgIpc) is 2.72. The lowest BCUT2D eigenvalue weighted by Gasteiger charge is -2.12. The Morgan fingerprint density at radius 1 is 1.85 bits per heavy atom. The van der Waals surface area contributed by atoms with E-state index < -0.39 is 5.92 Å². The summed E-state index contributed by atoms with van der Waals surface area (Å²) in [5, 5.41) is 8.78. The Morgan fingerprint density at radius 2 is 2.62 bits per heavy atom. The van der Waals surface area contributed by atoms with E-state index in [4.69, 9.17) is 10.00 Å². The zero-order valence-corrected chi connectivity index (χ0v) is 7.75. The predicted molar refractivity (Wildman–Crippen MR) is 45.8 cm³/mol. The first kappa shape index (κ1) is 8.71. The van der Waals surface area contributed by atoms with Crippen LogP contribution in [0.2, 0.25) is 0 Å². The Hall–Kier alpha value is -0.880. The summed E-state index contributed by atoms with van der Waals surface area (Å²) in [6.45, 7) is 3.15. The Kier molecular flexibility index (Phi) is 1.88. The number of ketones is 1. The summed E-state index contributed by atoms with van der Waals surface area (Å²) in [5.74, 6) is 0.133. The first-order valence-electron chi connectivity index (χ1n) is 4.76. The lowest BCUT2D eigenvalue weighted by molar-refractivity contribution is -0.127. The van der Waals surface area contributed by atoms with Crippen LogP contribution in [0.1, 0.15) is 19.8 Å². The normalized spacial score (nSPS) is 37.7. The molecular weight excluding hydrogens is 166 g/mol. The molecule has 0 aromatic rings. The van der Waals surface area contributed by atoms with Crippen molar-refractivity contribution in [2.45, 2.75) is 19.8 Å². The fraction of sp³-hybridized carbons (Fsp3) is 0.800. The maximum atomic E-state index is 11.9. The van der Waals surface area contributed by atoms with E-state index >= 15 is 0 Å². The number of fused-ring (bicyclic) bond motifs is 1. The molecule has 3 unspecified atom stereocenters. The largest absolute Gasteiger partial charge is 0.380 e. The van der Waals surface area contributed by atoms with Crippen LogP contribution in [0.4, 0.5) is 0 Å². The molecule has 1 saturated carbocycles. The van der Waals surface area contributed by atoms with E-state index in [1.54, 1.807) is 0 Å². The molecule has 0 spiro atoms. The maximum Gasteiger partial charge on any atom is 0.158 e. The van der Waals surface area contributed by atoms with Crippen molar-refractivity contribution < 1.29 is 9.53 Å². The Bertz CT molecular complexity index is 281. The summed E-state index contributed by atoms with van der Waals surface area (Å²) in [5.41, 5.74) is -0.240. The summed E-state index contributed by atoms with van der Waals surface area (Å²) in [7, 11) is 0. The molecule has 70 valence electrons. The maximum absolute atomic E-state index is 11.9. The number of hydrogen-bond acceptors (Lipinski definition) is 3. The summed E-state index contributed by atoms with van der Waals surface area (Å²) >= 11 is 0. The number of rotatable bonds is 3. The van der Waals surface area contributed by atoms with Crippen molar-refractivity contribution in [1.29, 1.82) is 5.26 Å². The Balaban J connectivity index is 2.10. The number of carbonyl (C=O) groups excluding carboxylic acids is 1. The van der Waals surface area contributed by atoms with Crippen LogP contribution in [0.5, 0.6) is 0 Å². The molecule has 0 radical (unpaired) electrons. The Morgan fingerprint density at radius 3 is 3.00 bits per heavy atom. The Labute approximate surface area is 77.7 Å². The zero-order chi connectivity index (χ0) is 9.47. The predicted octanol–water partition coefficient (Wildman–Crippen LogP) is 1.14. The van der Waals surface area contributed by atoms with Crippen LogP contribution >= 0.6 is 0 Å². The smallest absolute Gasteiger partial charge is 0.158 e. The van der Waals surface area contributed by atoms with Gasteiger partial charge in [-0.05, 0) is 18.8 Å². The fourth-order valence-electron chi connectivity index (χ4n) is 2.21. The molecule has 0 amide bonds.